The summed E-state index contributed by atoms with van der Waals surface area (Å²) in [6.07, 6.45) is 9.36. The van der Waals surface area contributed by atoms with Crippen LogP contribution in [0.4, 0.5) is 0 Å². The van der Waals surface area contributed by atoms with Crippen LogP contribution in [0.15, 0.2) is 30.3 Å². The third-order valence-corrected chi connectivity index (χ3v) is 5.24. The molecule has 0 unspecified atom stereocenters. The second-order valence-corrected chi connectivity index (χ2v) is 7.69. The normalized spacial score (nSPS) is 10.0. The van der Waals surface area contributed by atoms with E-state index in [1.54, 1.807) is 28.4 Å². The van der Waals surface area contributed by atoms with Gasteiger partial charge in [0.2, 0.25) is 0 Å². The minimum Gasteiger partial charge on any atom is -0.532 e. The maximum atomic E-state index is 8.74. The lowest BCUT2D eigenvalue weighted by Gasteiger charge is -2.14. The maximum Gasteiger partial charge on any atom is 0.569 e. The van der Waals surface area contributed by atoms with Gasteiger partial charge in [0.1, 0.15) is 11.5 Å². The third-order valence-electron chi connectivity index (χ3n) is 5.24. The lowest BCUT2D eigenvalue weighted by Crippen LogP contribution is -2.04. The standard InChI is InChI=1S/C13H20BO4.C13H20O2/c1-4-5-6-7-10-8-11(16-2)13(18-14-15)12(9-10)17-3;1-4-5-6-7-11-8-12(14-2)10-13(9-11)15-3/h8-9,15H,4-7H2,1-3H3;8-10H,4-7H2,1-3H3. The highest BCUT2D eigenvalue weighted by molar-refractivity contribution is 6.17. The van der Waals surface area contributed by atoms with E-state index in [0.717, 1.165) is 36.3 Å². The summed E-state index contributed by atoms with van der Waals surface area (Å²) >= 11 is 0. The number of hydrogen-bond donors (Lipinski definition) is 1. The fourth-order valence-electron chi connectivity index (χ4n) is 3.42. The summed E-state index contributed by atoms with van der Waals surface area (Å²) in [6, 6.07) is 9.90. The molecule has 0 aliphatic rings. The Morgan fingerprint density at radius 2 is 1.09 bits per heavy atom. The summed E-state index contributed by atoms with van der Waals surface area (Å²) in [6.45, 7) is 4.39. The average molecular weight is 459 g/mol. The van der Waals surface area contributed by atoms with Gasteiger partial charge in [-0.3, -0.25) is 0 Å². The number of rotatable bonds is 14. The number of aryl methyl sites for hydroxylation is 2. The van der Waals surface area contributed by atoms with Crippen molar-refractivity contribution in [2.24, 2.45) is 0 Å². The van der Waals surface area contributed by atoms with Crippen molar-refractivity contribution in [1.82, 2.24) is 0 Å². The molecule has 2 aromatic carbocycles. The molecule has 0 amide bonds. The Morgan fingerprint density at radius 3 is 1.45 bits per heavy atom. The third kappa shape index (κ3) is 10.3. The highest BCUT2D eigenvalue weighted by Crippen LogP contribution is 2.38. The number of benzene rings is 2. The summed E-state index contributed by atoms with van der Waals surface area (Å²) in [4.78, 5) is 0. The first-order valence-corrected chi connectivity index (χ1v) is 11.7. The van der Waals surface area contributed by atoms with Crippen LogP contribution in [0, 0.1) is 0 Å². The lowest BCUT2D eigenvalue weighted by molar-refractivity contribution is 0.350. The van der Waals surface area contributed by atoms with Crippen molar-refractivity contribution in [1.29, 1.82) is 0 Å². The lowest BCUT2D eigenvalue weighted by atomic mass is 10.1. The van der Waals surface area contributed by atoms with E-state index in [1.165, 1.54) is 37.7 Å². The topological polar surface area (TPSA) is 66.4 Å². The average Bonchev–Trinajstić information content (AvgIpc) is 2.85. The first kappa shape index (κ1) is 28.5. The predicted molar refractivity (Wildman–Crippen MR) is 134 cm³/mol. The molecule has 2 rings (SSSR count). The van der Waals surface area contributed by atoms with Crippen molar-refractivity contribution in [3.63, 3.8) is 0 Å². The van der Waals surface area contributed by atoms with Gasteiger partial charge in [-0.2, -0.15) is 0 Å². The Hall–Kier alpha value is -2.54. The van der Waals surface area contributed by atoms with E-state index in [2.05, 4.69) is 26.0 Å². The molecule has 2 aromatic rings. The molecular weight excluding hydrogens is 419 g/mol. The molecule has 0 atom stereocenters. The van der Waals surface area contributed by atoms with E-state index in [9.17, 15) is 0 Å². The van der Waals surface area contributed by atoms with Crippen molar-refractivity contribution in [3.8, 4) is 28.7 Å². The van der Waals surface area contributed by atoms with Gasteiger partial charge < -0.3 is 28.6 Å². The highest BCUT2D eigenvalue weighted by Gasteiger charge is 2.14. The fraction of sp³-hybridized carbons (Fsp3) is 0.538. The van der Waals surface area contributed by atoms with E-state index in [4.69, 9.17) is 28.6 Å². The molecule has 0 fully saturated rings. The van der Waals surface area contributed by atoms with Crippen LogP contribution >= 0.6 is 0 Å². The van der Waals surface area contributed by atoms with Crippen LogP contribution in [0.25, 0.3) is 0 Å². The second kappa shape index (κ2) is 17.0. The van der Waals surface area contributed by atoms with Gasteiger partial charge in [-0.1, -0.05) is 39.5 Å². The van der Waals surface area contributed by atoms with Gasteiger partial charge in [-0.25, -0.2) is 0 Å². The summed E-state index contributed by atoms with van der Waals surface area (Å²) in [5.74, 6) is 3.26. The van der Waals surface area contributed by atoms with Gasteiger partial charge in [0.25, 0.3) is 0 Å². The molecule has 0 aliphatic carbocycles. The highest BCUT2D eigenvalue weighted by atomic mass is 16.5. The molecule has 33 heavy (non-hydrogen) atoms. The number of ether oxygens (including phenoxy) is 4. The first-order valence-electron chi connectivity index (χ1n) is 11.7. The second-order valence-electron chi connectivity index (χ2n) is 7.69. The largest absolute Gasteiger partial charge is 0.569 e. The molecule has 1 radical (unpaired) electrons. The molecule has 0 bridgehead atoms. The zero-order chi connectivity index (χ0) is 24.5. The van der Waals surface area contributed by atoms with E-state index in [0.29, 0.717) is 24.9 Å². The number of hydrogen-bond acceptors (Lipinski definition) is 6. The van der Waals surface area contributed by atoms with E-state index in [-0.39, 0.29) is 0 Å². The summed E-state index contributed by atoms with van der Waals surface area (Å²) in [5, 5.41) is 8.74. The molecule has 0 heterocycles. The molecule has 0 saturated carbocycles. The fourth-order valence-corrected chi connectivity index (χ4v) is 3.42. The Bertz CT molecular complexity index is 749. The van der Waals surface area contributed by atoms with Crippen LogP contribution in [0.2, 0.25) is 0 Å². The Balaban J connectivity index is 0.000000335. The molecule has 0 aliphatic heterocycles. The molecular formula is C26H40BO6. The molecule has 0 spiro atoms. The molecule has 1 N–H and O–H groups in total. The summed E-state index contributed by atoms with van der Waals surface area (Å²) < 4.78 is 26.0. The minimum atomic E-state index is 0.391. The van der Waals surface area contributed by atoms with Crippen molar-refractivity contribution in [2.75, 3.05) is 28.4 Å². The first-order chi connectivity index (χ1) is 16.1. The zero-order valence-corrected chi connectivity index (χ0v) is 21.1. The van der Waals surface area contributed by atoms with Gasteiger partial charge >= 0.3 is 7.69 Å². The number of methoxy groups -OCH3 is 4. The van der Waals surface area contributed by atoms with Gasteiger partial charge in [-0.15, -0.1) is 0 Å². The van der Waals surface area contributed by atoms with Crippen molar-refractivity contribution in [3.05, 3.63) is 41.5 Å². The molecule has 183 valence electrons. The van der Waals surface area contributed by atoms with Crippen LogP contribution in [0.1, 0.15) is 63.5 Å². The monoisotopic (exact) mass is 459 g/mol. The maximum absolute atomic E-state index is 8.74. The van der Waals surface area contributed by atoms with Gasteiger partial charge in [0, 0.05) is 6.07 Å². The smallest absolute Gasteiger partial charge is 0.532 e. The zero-order valence-electron chi connectivity index (χ0n) is 21.1. The molecule has 0 aromatic heterocycles. The quantitative estimate of drug-likeness (QED) is 0.286. The van der Waals surface area contributed by atoms with Crippen molar-refractivity contribution in [2.45, 2.75) is 65.2 Å². The van der Waals surface area contributed by atoms with E-state index < -0.39 is 0 Å². The van der Waals surface area contributed by atoms with Gasteiger partial charge in [-0.05, 0) is 61.1 Å². The Morgan fingerprint density at radius 1 is 0.636 bits per heavy atom. The van der Waals surface area contributed by atoms with Gasteiger partial charge in [0.05, 0.1) is 28.4 Å². The van der Waals surface area contributed by atoms with Crippen LogP contribution in [-0.4, -0.2) is 41.1 Å². The van der Waals surface area contributed by atoms with Gasteiger partial charge in [0.15, 0.2) is 17.2 Å². The predicted octanol–water partition coefficient (Wildman–Crippen LogP) is 5.78. The van der Waals surface area contributed by atoms with Crippen LogP contribution in [-0.2, 0) is 12.8 Å². The van der Waals surface area contributed by atoms with Crippen molar-refractivity contribution < 1.29 is 28.6 Å². The summed E-state index contributed by atoms with van der Waals surface area (Å²) in [7, 11) is 7.12. The van der Waals surface area contributed by atoms with Crippen LogP contribution in [0.3, 0.4) is 0 Å². The Labute approximate surface area is 200 Å². The van der Waals surface area contributed by atoms with E-state index in [1.807, 2.05) is 18.2 Å². The SMILES string of the molecule is CCCCCc1cc(OC)c(O[B]O)c(OC)c1.CCCCCc1cc(OC)cc(OC)c1. The van der Waals surface area contributed by atoms with Crippen LogP contribution in [0.5, 0.6) is 28.7 Å². The molecule has 6 nitrogen and oxygen atoms in total. The van der Waals surface area contributed by atoms with E-state index >= 15 is 0 Å². The minimum absolute atomic E-state index is 0.391. The molecule has 7 heteroatoms. The molecule has 0 saturated heterocycles. The number of unbranched alkanes of at least 4 members (excludes halogenated alkanes) is 4. The van der Waals surface area contributed by atoms with Crippen molar-refractivity contribution >= 4 is 7.69 Å². The van der Waals surface area contributed by atoms with Crippen LogP contribution < -0.4 is 23.6 Å². The summed E-state index contributed by atoms with van der Waals surface area (Å²) in [5.41, 5.74) is 2.43. The Kier molecular flexibility index (Phi) is 14.7.